The molecule has 0 spiro atoms. The summed E-state index contributed by atoms with van der Waals surface area (Å²) >= 11 is 0. The zero-order valence-corrected chi connectivity index (χ0v) is 11.5. The van der Waals surface area contributed by atoms with Crippen LogP contribution in [0, 0.1) is 5.92 Å². The molecule has 0 aromatic rings. The highest BCUT2D eigenvalue weighted by molar-refractivity contribution is 4.66. The predicted molar refractivity (Wildman–Crippen MR) is 73.4 cm³/mol. The molecule has 0 aliphatic heterocycles. The number of ether oxygens (including phenoxy) is 1. The van der Waals surface area contributed by atoms with Gasteiger partial charge in [0.15, 0.2) is 0 Å². The molecule has 1 fully saturated rings. The monoisotopic (exact) mass is 242 g/mol. The lowest BCUT2D eigenvalue weighted by molar-refractivity contribution is 0.199. The summed E-state index contributed by atoms with van der Waals surface area (Å²) in [4.78, 5) is 0. The highest BCUT2D eigenvalue weighted by atomic mass is 16.5. The Balaban J connectivity index is 1.75. The Morgan fingerprint density at radius 2 is 1.65 bits per heavy atom. The molecule has 1 aliphatic carbocycles. The normalized spacial score (nSPS) is 17.5. The fourth-order valence-corrected chi connectivity index (χ4v) is 2.59. The van der Waals surface area contributed by atoms with E-state index in [4.69, 9.17) is 4.74 Å². The molecule has 0 amide bonds. The fraction of sp³-hybridized carbons (Fsp3) is 1.00. The summed E-state index contributed by atoms with van der Waals surface area (Å²) in [6.07, 6.45) is 10.2. The molecule has 0 aromatic carbocycles. The van der Waals surface area contributed by atoms with Crippen molar-refractivity contribution < 1.29 is 4.74 Å². The lowest BCUT2D eigenvalue weighted by Gasteiger charge is -2.21. The van der Waals surface area contributed by atoms with Crippen LogP contribution in [-0.4, -0.2) is 39.9 Å². The molecule has 2 N–H and O–H groups in total. The van der Waals surface area contributed by atoms with E-state index >= 15 is 0 Å². The molecule has 0 aromatic heterocycles. The van der Waals surface area contributed by atoms with E-state index in [1.165, 1.54) is 51.5 Å². The maximum Gasteiger partial charge on any atom is 0.0587 e. The van der Waals surface area contributed by atoms with Crippen molar-refractivity contribution in [2.75, 3.05) is 39.9 Å². The molecule has 0 radical (unpaired) electrons. The first-order valence-corrected chi connectivity index (χ1v) is 7.34. The summed E-state index contributed by atoms with van der Waals surface area (Å²) in [5.41, 5.74) is 0. The van der Waals surface area contributed by atoms with Crippen LogP contribution in [0.3, 0.4) is 0 Å². The van der Waals surface area contributed by atoms with Crippen LogP contribution < -0.4 is 10.6 Å². The summed E-state index contributed by atoms with van der Waals surface area (Å²) in [5, 5.41) is 6.84. The van der Waals surface area contributed by atoms with Crippen molar-refractivity contribution in [3.8, 4) is 0 Å². The molecule has 17 heavy (non-hydrogen) atoms. The van der Waals surface area contributed by atoms with Gasteiger partial charge in [0.25, 0.3) is 0 Å². The van der Waals surface area contributed by atoms with E-state index in [0.29, 0.717) is 0 Å². The van der Waals surface area contributed by atoms with Gasteiger partial charge in [0, 0.05) is 26.7 Å². The quantitative estimate of drug-likeness (QED) is 0.576. The highest BCUT2D eigenvalue weighted by Gasteiger charge is 2.12. The lowest BCUT2D eigenvalue weighted by Crippen LogP contribution is -2.30. The van der Waals surface area contributed by atoms with Crippen molar-refractivity contribution in [2.24, 2.45) is 5.92 Å². The Bertz CT molecular complexity index is 158. The Morgan fingerprint density at radius 1 is 0.941 bits per heavy atom. The average molecular weight is 242 g/mol. The Labute approximate surface area is 107 Å². The van der Waals surface area contributed by atoms with E-state index in [0.717, 1.165) is 32.2 Å². The van der Waals surface area contributed by atoms with Gasteiger partial charge in [0.1, 0.15) is 0 Å². The molecule has 0 unspecified atom stereocenters. The third kappa shape index (κ3) is 8.58. The number of hydrogen-bond donors (Lipinski definition) is 2. The first-order chi connectivity index (χ1) is 8.43. The summed E-state index contributed by atoms with van der Waals surface area (Å²) in [5.74, 6) is 1.03. The second-order valence-corrected chi connectivity index (χ2v) is 5.14. The minimum absolute atomic E-state index is 0.807. The van der Waals surface area contributed by atoms with Crippen LogP contribution in [0.25, 0.3) is 0 Å². The van der Waals surface area contributed by atoms with Gasteiger partial charge < -0.3 is 15.4 Å². The number of nitrogens with one attached hydrogen (secondary N) is 2. The molecular formula is C14H30N2O. The van der Waals surface area contributed by atoms with Gasteiger partial charge >= 0.3 is 0 Å². The second kappa shape index (κ2) is 11.0. The number of hydrogen-bond acceptors (Lipinski definition) is 3. The van der Waals surface area contributed by atoms with Crippen molar-refractivity contribution in [3.05, 3.63) is 0 Å². The van der Waals surface area contributed by atoms with Crippen molar-refractivity contribution in [3.63, 3.8) is 0 Å². The van der Waals surface area contributed by atoms with E-state index in [-0.39, 0.29) is 0 Å². The Morgan fingerprint density at radius 3 is 2.35 bits per heavy atom. The standard InChI is InChI=1S/C14H30N2O/c1-17-13-12-16-11-10-15-9-5-8-14-6-3-2-4-7-14/h14-16H,2-13H2,1H3. The van der Waals surface area contributed by atoms with Gasteiger partial charge in [-0.3, -0.25) is 0 Å². The van der Waals surface area contributed by atoms with Crippen LogP contribution in [0.2, 0.25) is 0 Å². The summed E-state index contributed by atoms with van der Waals surface area (Å²) in [6.45, 7) is 5.07. The first kappa shape index (κ1) is 14.9. The van der Waals surface area contributed by atoms with Gasteiger partial charge in [-0.05, 0) is 25.3 Å². The van der Waals surface area contributed by atoms with Crippen LogP contribution in [0.5, 0.6) is 0 Å². The third-order valence-electron chi connectivity index (χ3n) is 3.65. The largest absolute Gasteiger partial charge is 0.383 e. The smallest absolute Gasteiger partial charge is 0.0587 e. The molecule has 3 nitrogen and oxygen atoms in total. The molecule has 0 heterocycles. The van der Waals surface area contributed by atoms with Crippen molar-refractivity contribution in [1.29, 1.82) is 0 Å². The first-order valence-electron chi connectivity index (χ1n) is 7.34. The molecule has 0 bridgehead atoms. The van der Waals surface area contributed by atoms with Crippen molar-refractivity contribution >= 4 is 0 Å². The van der Waals surface area contributed by atoms with Gasteiger partial charge in [-0.15, -0.1) is 0 Å². The SMILES string of the molecule is COCCNCCNCCCC1CCCCC1. The van der Waals surface area contributed by atoms with E-state index in [2.05, 4.69) is 10.6 Å². The molecule has 3 heteroatoms. The zero-order chi connectivity index (χ0) is 12.2. The summed E-state index contributed by atoms with van der Waals surface area (Å²) in [7, 11) is 1.74. The summed E-state index contributed by atoms with van der Waals surface area (Å²) in [6, 6.07) is 0. The zero-order valence-electron chi connectivity index (χ0n) is 11.5. The minimum Gasteiger partial charge on any atom is -0.383 e. The van der Waals surface area contributed by atoms with Crippen LogP contribution in [0.15, 0.2) is 0 Å². The lowest BCUT2D eigenvalue weighted by atomic mass is 9.86. The molecule has 1 aliphatic rings. The van der Waals surface area contributed by atoms with Gasteiger partial charge in [0.2, 0.25) is 0 Å². The third-order valence-corrected chi connectivity index (χ3v) is 3.65. The van der Waals surface area contributed by atoms with Crippen molar-refractivity contribution in [1.82, 2.24) is 10.6 Å². The number of rotatable bonds is 10. The van der Waals surface area contributed by atoms with Gasteiger partial charge in [-0.2, -0.15) is 0 Å². The molecule has 0 atom stereocenters. The Kier molecular flexibility index (Phi) is 9.66. The van der Waals surface area contributed by atoms with Crippen molar-refractivity contribution in [2.45, 2.75) is 44.9 Å². The maximum absolute atomic E-state index is 4.97. The van der Waals surface area contributed by atoms with E-state index in [1.54, 1.807) is 7.11 Å². The van der Waals surface area contributed by atoms with E-state index in [9.17, 15) is 0 Å². The molecule has 0 saturated heterocycles. The highest BCUT2D eigenvalue weighted by Crippen LogP contribution is 2.26. The minimum atomic E-state index is 0.807. The summed E-state index contributed by atoms with van der Waals surface area (Å²) < 4.78 is 4.97. The molecular weight excluding hydrogens is 212 g/mol. The van der Waals surface area contributed by atoms with Crippen LogP contribution in [0.1, 0.15) is 44.9 Å². The van der Waals surface area contributed by atoms with Crippen LogP contribution in [0.4, 0.5) is 0 Å². The topological polar surface area (TPSA) is 33.3 Å². The molecule has 1 saturated carbocycles. The van der Waals surface area contributed by atoms with E-state index in [1.807, 2.05) is 0 Å². The molecule has 1 rings (SSSR count). The maximum atomic E-state index is 4.97. The average Bonchev–Trinajstić information content (AvgIpc) is 2.38. The van der Waals surface area contributed by atoms with Crippen LogP contribution in [-0.2, 0) is 4.74 Å². The van der Waals surface area contributed by atoms with Gasteiger partial charge in [-0.1, -0.05) is 32.1 Å². The van der Waals surface area contributed by atoms with Gasteiger partial charge in [0.05, 0.1) is 6.61 Å². The fourth-order valence-electron chi connectivity index (χ4n) is 2.59. The molecule has 102 valence electrons. The predicted octanol–water partition coefficient (Wildman–Crippen LogP) is 2.17. The van der Waals surface area contributed by atoms with E-state index < -0.39 is 0 Å². The Hall–Kier alpha value is -0.120. The second-order valence-electron chi connectivity index (χ2n) is 5.14. The van der Waals surface area contributed by atoms with Gasteiger partial charge in [-0.25, -0.2) is 0 Å². The van der Waals surface area contributed by atoms with Crippen LogP contribution >= 0.6 is 0 Å². The number of methoxy groups -OCH3 is 1.